The van der Waals surface area contributed by atoms with Gasteiger partial charge in [-0.3, -0.25) is 0 Å². The molecule has 1 aliphatic carbocycles. The fourth-order valence-electron chi connectivity index (χ4n) is 19.6. The molecular weight excluding hydrogens is 1360 g/mol. The summed E-state index contributed by atoms with van der Waals surface area (Å²) >= 11 is 0. The summed E-state index contributed by atoms with van der Waals surface area (Å²) in [4.78, 5) is 8.24. The second-order valence-corrected chi connectivity index (χ2v) is 35.3. The second-order valence-electron chi connectivity index (χ2n) is 35.3. The van der Waals surface area contributed by atoms with E-state index in [-0.39, 0.29) is 34.9 Å². The zero-order valence-electron chi connectivity index (χ0n) is 66.4. The van der Waals surface area contributed by atoms with Crippen LogP contribution < -0.4 is 31.1 Å². The van der Waals surface area contributed by atoms with Gasteiger partial charge in [0.25, 0.3) is 6.71 Å². The van der Waals surface area contributed by atoms with Gasteiger partial charge in [0.1, 0.15) is 0 Å². The van der Waals surface area contributed by atoms with Crippen molar-refractivity contribution in [2.75, 3.05) is 27.8 Å². The van der Waals surface area contributed by atoms with E-state index in [0.717, 1.165) is 25.8 Å². The predicted octanol–water partition coefficient (Wildman–Crippen LogP) is 26.2. The molecule has 0 spiro atoms. The summed E-state index contributed by atoms with van der Waals surface area (Å²) in [7, 11) is 0. The maximum Gasteiger partial charge on any atom is 0.252 e. The lowest BCUT2D eigenvalue weighted by Crippen LogP contribution is -2.62. The fourth-order valence-corrected chi connectivity index (χ4v) is 19.6. The fraction of sp³-hybridized carbons (Fsp3) is 0.174. The lowest BCUT2D eigenvalue weighted by Gasteiger charge is -2.45. The second kappa shape index (κ2) is 27.3. The number of rotatable bonds is 14. The Balaban J connectivity index is 0.855. The van der Waals surface area contributed by atoms with Gasteiger partial charge in [0, 0.05) is 53.1 Å². The Labute approximate surface area is 667 Å². The molecule has 2 atom stereocenters. The highest BCUT2D eigenvalue weighted by Crippen LogP contribution is 2.51. The largest absolute Gasteiger partial charge is 0.342 e. The van der Waals surface area contributed by atoms with Crippen LogP contribution in [0.2, 0.25) is 0 Å². The van der Waals surface area contributed by atoms with Gasteiger partial charge in [-0.15, -0.1) is 0 Å². The summed E-state index contributed by atoms with van der Waals surface area (Å²) in [5.41, 5.74) is 34.6. The Morgan fingerprint density at radius 2 is 0.805 bits per heavy atom. The van der Waals surface area contributed by atoms with E-state index < -0.39 is 0 Å². The van der Waals surface area contributed by atoms with Gasteiger partial charge in [-0.05, 0) is 244 Å². The minimum absolute atomic E-state index is 0.0167. The van der Waals surface area contributed by atoms with Crippen LogP contribution in [0.25, 0.3) is 98.7 Å². The highest BCUT2D eigenvalue weighted by Gasteiger charge is 2.45. The molecule has 548 valence electrons. The third-order valence-corrected chi connectivity index (χ3v) is 25.3. The van der Waals surface area contributed by atoms with Gasteiger partial charge in [-0.2, -0.15) is 0 Å². The van der Waals surface area contributed by atoms with E-state index in [1.54, 1.807) is 0 Å². The van der Waals surface area contributed by atoms with Crippen LogP contribution in [0, 0.1) is 0 Å². The van der Waals surface area contributed by atoms with Crippen molar-refractivity contribution in [3.05, 3.63) is 378 Å². The SMILES string of the molecule is CC(C)(C)c1ccc(Cc2cc3c4c(c2)N(CCc2c(-c5ccccc5)cc(C(C)(C)C)cc2-c2ccccc2)c2cc(N5c6ccccc6C6C=CC=CC65)ccc2B4c2cc(-c4cc5cccc6c7cccc8cccc(c(c4)c56)c87)ccc2N3CCc2c(-c3ccccc3)cc(C(C)(C)C)cc2-c2ccccc2)cc1. The lowest BCUT2D eigenvalue weighted by molar-refractivity contribution is 0.590. The van der Waals surface area contributed by atoms with Crippen molar-refractivity contribution in [3.63, 3.8) is 0 Å². The monoisotopic (exact) mass is 1460 g/mol. The Hall–Kier alpha value is -12.2. The van der Waals surface area contributed by atoms with Crippen LogP contribution in [-0.4, -0.2) is 25.8 Å². The van der Waals surface area contributed by atoms with E-state index in [9.17, 15) is 0 Å². The first-order chi connectivity index (χ1) is 54.9. The molecular formula is C109H94BN3. The Morgan fingerprint density at radius 3 is 1.35 bits per heavy atom. The third kappa shape index (κ3) is 12.2. The Kier molecular flexibility index (Phi) is 16.9. The molecule has 4 aliphatic rings. The standard InChI is InChI=1S/C109H94BN3/c1-107(2,3)80-50-47-70(48-51-80)59-71-60-102-106-103(61-71)112(58-56-85-93(74-33-18-12-19-34-74)67-82(109(7,8)9)68-94(85)75-35-20-13-21-36-75)101-69-83(113-98-45-24-22-40-86(98)87-41-23-25-46-99(87)113)52-53-96(101)110(106)97-64-77(79-62-78-39-28-43-89-88-42-26-37-76-38-27-44-90(104(76)88)95(63-79)105(78)89)49-54-100(97)111(102)57-55-84-91(72-29-14-10-15-30-72)65-81(108(4,5)6)66-92(84)73-31-16-11-17-32-73/h10-54,60-69,86,98H,55-59H2,1-9H3. The molecule has 0 fully saturated rings. The van der Waals surface area contributed by atoms with Crippen LogP contribution in [-0.2, 0) is 35.5 Å². The van der Waals surface area contributed by atoms with Crippen molar-refractivity contribution in [2.24, 2.45) is 0 Å². The van der Waals surface area contributed by atoms with E-state index in [1.807, 2.05) is 0 Å². The average Bonchev–Trinajstić information content (AvgIpc) is 0.948. The molecule has 3 nitrogen and oxygen atoms in total. The number of nitrogens with zero attached hydrogens (tertiary/aromatic N) is 3. The summed E-state index contributed by atoms with van der Waals surface area (Å²) in [5.74, 6) is 0.230. The predicted molar refractivity (Wildman–Crippen MR) is 485 cm³/mol. The van der Waals surface area contributed by atoms with Gasteiger partial charge >= 0.3 is 0 Å². The van der Waals surface area contributed by atoms with E-state index in [4.69, 9.17) is 0 Å². The van der Waals surface area contributed by atoms with Crippen LogP contribution in [0.15, 0.2) is 334 Å². The first-order valence-electron chi connectivity index (χ1n) is 40.9. The number of fused-ring (bicyclic) bond motifs is 9. The Bertz CT molecular complexity index is 6340. The summed E-state index contributed by atoms with van der Waals surface area (Å²) < 4.78 is 0. The number of anilines is 6. The van der Waals surface area contributed by atoms with Crippen LogP contribution in [0.4, 0.5) is 34.1 Å². The van der Waals surface area contributed by atoms with E-state index in [2.05, 4.69) is 411 Å². The quantitative estimate of drug-likeness (QED) is 0.0610. The lowest BCUT2D eigenvalue weighted by atomic mass is 9.33. The molecule has 0 bridgehead atoms. The summed E-state index contributed by atoms with van der Waals surface area (Å²) in [5, 5.41) is 10.4. The van der Waals surface area contributed by atoms with Gasteiger partial charge in [0.15, 0.2) is 0 Å². The van der Waals surface area contributed by atoms with Gasteiger partial charge < -0.3 is 14.7 Å². The Morgan fingerprint density at radius 1 is 0.319 bits per heavy atom. The molecule has 16 aromatic carbocycles. The minimum atomic E-state index is -0.148. The smallest absolute Gasteiger partial charge is 0.252 e. The summed E-state index contributed by atoms with van der Waals surface area (Å²) in [6, 6.07) is 120. The highest BCUT2D eigenvalue weighted by atomic mass is 15.2. The average molecular weight is 1460 g/mol. The van der Waals surface area contributed by atoms with Crippen LogP contribution in [0.3, 0.4) is 0 Å². The molecule has 0 N–H and O–H groups in total. The molecule has 3 aliphatic heterocycles. The van der Waals surface area contributed by atoms with Gasteiger partial charge in [0.2, 0.25) is 0 Å². The van der Waals surface area contributed by atoms with Crippen molar-refractivity contribution < 1.29 is 0 Å². The number of benzene rings is 16. The zero-order valence-corrected chi connectivity index (χ0v) is 66.4. The first-order valence-corrected chi connectivity index (χ1v) is 40.9. The van der Waals surface area contributed by atoms with Crippen molar-refractivity contribution in [2.45, 2.75) is 110 Å². The topological polar surface area (TPSA) is 9.72 Å². The van der Waals surface area contributed by atoms with Crippen molar-refractivity contribution >= 4 is 100 Å². The maximum absolute atomic E-state index is 2.81. The first kappa shape index (κ1) is 69.9. The summed E-state index contributed by atoms with van der Waals surface area (Å²) in [6.45, 7) is 22.4. The number of hydrogen-bond donors (Lipinski definition) is 0. The number of para-hydroxylation sites is 1. The van der Waals surface area contributed by atoms with Crippen molar-refractivity contribution in [1.82, 2.24) is 0 Å². The molecule has 0 saturated carbocycles. The molecule has 0 saturated heterocycles. The van der Waals surface area contributed by atoms with Crippen LogP contribution in [0.1, 0.15) is 113 Å². The van der Waals surface area contributed by atoms with Gasteiger partial charge in [0.05, 0.1) is 6.04 Å². The number of allylic oxidation sites excluding steroid dienone is 2. The molecule has 20 rings (SSSR count). The van der Waals surface area contributed by atoms with Crippen molar-refractivity contribution in [1.29, 1.82) is 0 Å². The van der Waals surface area contributed by atoms with Crippen molar-refractivity contribution in [3.8, 4) is 55.6 Å². The molecule has 3 heterocycles. The minimum Gasteiger partial charge on any atom is -0.342 e. The van der Waals surface area contributed by atoms with E-state index >= 15 is 0 Å². The maximum atomic E-state index is 2.81. The van der Waals surface area contributed by atoms with Gasteiger partial charge in [-0.25, -0.2) is 0 Å². The molecule has 0 amide bonds. The molecule has 4 heteroatoms. The highest BCUT2D eigenvalue weighted by molar-refractivity contribution is 7.00. The third-order valence-electron chi connectivity index (χ3n) is 25.3. The molecule has 2 unspecified atom stereocenters. The van der Waals surface area contributed by atoms with E-state index in [0.29, 0.717) is 6.54 Å². The molecule has 16 aromatic rings. The summed E-state index contributed by atoms with van der Waals surface area (Å²) in [6.07, 6.45) is 11.7. The molecule has 0 aromatic heterocycles. The van der Waals surface area contributed by atoms with Crippen LogP contribution in [0.5, 0.6) is 0 Å². The number of hydrogen-bond acceptors (Lipinski definition) is 3. The van der Waals surface area contributed by atoms with Gasteiger partial charge in [-0.1, -0.05) is 347 Å². The van der Waals surface area contributed by atoms with Crippen LogP contribution >= 0.6 is 0 Å². The molecule has 113 heavy (non-hydrogen) atoms. The van der Waals surface area contributed by atoms with E-state index in [1.165, 1.54) is 194 Å². The molecule has 0 radical (unpaired) electrons. The zero-order chi connectivity index (χ0) is 76.6. The normalized spacial score (nSPS) is 15.0.